The second-order valence-corrected chi connectivity index (χ2v) is 10.5. The second-order valence-electron chi connectivity index (χ2n) is 10.5. The summed E-state index contributed by atoms with van der Waals surface area (Å²) in [6, 6.07) is 39.1. The van der Waals surface area contributed by atoms with E-state index in [1.807, 2.05) is 66.8 Å². The van der Waals surface area contributed by atoms with Crippen LogP contribution in [-0.4, -0.2) is 40.1 Å². The maximum absolute atomic E-state index is 13.5. The maximum Gasteiger partial charge on any atom is 0.289 e. The molecule has 0 N–H and O–H groups in total. The Kier molecular flexibility index (Phi) is 7.60. The lowest BCUT2D eigenvalue weighted by Gasteiger charge is -2.37. The highest BCUT2D eigenvalue weighted by molar-refractivity contribution is 5.96. The van der Waals surface area contributed by atoms with Crippen LogP contribution in [0.25, 0.3) is 6.08 Å². The molecule has 1 aliphatic heterocycles. The third-order valence-corrected chi connectivity index (χ3v) is 7.68. The molecule has 4 aromatic carbocycles. The van der Waals surface area contributed by atoms with Crippen molar-refractivity contribution in [2.24, 2.45) is 0 Å². The Balaban J connectivity index is 1.39. The lowest BCUT2D eigenvalue weighted by molar-refractivity contribution is -0.139. The molecule has 6 heteroatoms. The highest BCUT2D eigenvalue weighted by Crippen LogP contribution is 2.41. The summed E-state index contributed by atoms with van der Waals surface area (Å²) in [5.74, 6) is 0.922. The van der Waals surface area contributed by atoms with Crippen LogP contribution in [0.1, 0.15) is 34.9 Å². The van der Waals surface area contributed by atoms with Crippen LogP contribution >= 0.6 is 0 Å². The average molecular weight is 556 g/mol. The van der Waals surface area contributed by atoms with Crippen LogP contribution in [0.3, 0.4) is 0 Å². The number of nitrogens with zero attached hydrogens (tertiary/aromatic N) is 3. The Morgan fingerprint density at radius 3 is 1.93 bits per heavy atom. The molecule has 42 heavy (non-hydrogen) atoms. The smallest absolute Gasteiger partial charge is 0.289 e. The molecule has 6 nitrogen and oxygen atoms in total. The summed E-state index contributed by atoms with van der Waals surface area (Å²) in [6.45, 7) is 2.97. The van der Waals surface area contributed by atoms with Gasteiger partial charge in [0.2, 0.25) is 0 Å². The highest BCUT2D eigenvalue weighted by Gasteiger charge is 2.38. The fraction of sp³-hybridized carbons (Fsp3) is 0.167. The molecule has 1 amide bonds. The number of carbonyl (C=O) groups is 1. The Hall–Kier alpha value is -5.10. The first-order valence-electron chi connectivity index (χ1n) is 14.1. The minimum absolute atomic E-state index is 0.147. The molecule has 0 aliphatic carbocycles. The third kappa shape index (κ3) is 5.19. The van der Waals surface area contributed by atoms with Gasteiger partial charge >= 0.3 is 0 Å². The number of carbonyl (C=O) groups excluding carboxylic acids is 1. The first-order valence-corrected chi connectivity index (χ1v) is 14.1. The average Bonchev–Trinajstić information content (AvgIpc) is 3.50. The van der Waals surface area contributed by atoms with Crippen LogP contribution in [0, 0.1) is 0 Å². The summed E-state index contributed by atoms with van der Waals surface area (Å²) in [6.07, 6.45) is 5.43. The number of hydrogen-bond donors (Lipinski definition) is 0. The van der Waals surface area contributed by atoms with Gasteiger partial charge < -0.3 is 18.9 Å². The van der Waals surface area contributed by atoms with Crippen LogP contribution in [0.4, 0.5) is 0 Å². The molecule has 1 atom stereocenters. The molecule has 6 rings (SSSR count). The minimum Gasteiger partial charge on any atom is -0.497 e. The lowest BCUT2D eigenvalue weighted by atomic mass is 9.77. The van der Waals surface area contributed by atoms with E-state index in [-0.39, 0.29) is 17.8 Å². The van der Waals surface area contributed by atoms with Gasteiger partial charge in [0.1, 0.15) is 17.4 Å². The molecule has 0 saturated carbocycles. The zero-order valence-electron chi connectivity index (χ0n) is 23.8. The zero-order chi connectivity index (χ0) is 28.9. The lowest BCUT2D eigenvalue weighted by Crippen LogP contribution is -2.43. The normalized spacial score (nSPS) is 16.3. The van der Waals surface area contributed by atoms with Crippen molar-refractivity contribution in [3.05, 3.63) is 161 Å². The van der Waals surface area contributed by atoms with Gasteiger partial charge in [-0.3, -0.25) is 4.79 Å². The van der Waals surface area contributed by atoms with E-state index in [1.54, 1.807) is 13.2 Å². The van der Waals surface area contributed by atoms with Crippen molar-refractivity contribution in [1.29, 1.82) is 0 Å². The van der Waals surface area contributed by atoms with Gasteiger partial charge in [-0.25, -0.2) is 4.98 Å². The van der Waals surface area contributed by atoms with Gasteiger partial charge in [-0.15, -0.1) is 0 Å². The number of rotatable bonds is 8. The van der Waals surface area contributed by atoms with E-state index in [0.29, 0.717) is 18.8 Å². The summed E-state index contributed by atoms with van der Waals surface area (Å²) in [4.78, 5) is 20.1. The molecule has 0 spiro atoms. The van der Waals surface area contributed by atoms with E-state index in [4.69, 9.17) is 14.5 Å². The van der Waals surface area contributed by atoms with Gasteiger partial charge in [0.25, 0.3) is 5.91 Å². The van der Waals surface area contributed by atoms with E-state index in [2.05, 4.69) is 77.4 Å². The van der Waals surface area contributed by atoms with Crippen molar-refractivity contribution in [2.75, 3.05) is 13.7 Å². The summed E-state index contributed by atoms with van der Waals surface area (Å²) in [5, 5.41) is 0. The van der Waals surface area contributed by atoms with Gasteiger partial charge in [-0.05, 0) is 41.3 Å². The van der Waals surface area contributed by atoms with E-state index in [9.17, 15) is 4.79 Å². The Morgan fingerprint density at radius 1 is 0.857 bits per heavy atom. The van der Waals surface area contributed by atoms with Crippen LogP contribution in [0.5, 0.6) is 5.75 Å². The standard InChI is InChI=1S/C36H33N3O3/c1-27-23-38(24-28-18-20-33(41-2)21-19-28)35(40)34(42-27)22-32-25-39(26-37-32)36(29-12-6-3-7-13-29,30-14-8-4-9-15-30)31-16-10-5-11-17-31/h3-22,25-27H,23-24H2,1-2H3/b34-22-/t27-/m1/s1. The Morgan fingerprint density at radius 2 is 1.40 bits per heavy atom. The number of benzene rings is 4. The first kappa shape index (κ1) is 27.1. The molecule has 5 aromatic rings. The number of ether oxygens (including phenoxy) is 2. The third-order valence-electron chi connectivity index (χ3n) is 7.68. The fourth-order valence-corrected chi connectivity index (χ4v) is 5.75. The van der Waals surface area contributed by atoms with Gasteiger partial charge in [0, 0.05) is 18.8 Å². The summed E-state index contributed by atoms with van der Waals surface area (Å²) < 4.78 is 13.5. The predicted molar refractivity (Wildman–Crippen MR) is 164 cm³/mol. The van der Waals surface area contributed by atoms with Crippen molar-refractivity contribution >= 4 is 12.0 Å². The zero-order valence-corrected chi connectivity index (χ0v) is 23.8. The van der Waals surface area contributed by atoms with Crippen molar-refractivity contribution < 1.29 is 14.3 Å². The van der Waals surface area contributed by atoms with Crippen LogP contribution in [-0.2, 0) is 21.6 Å². The molecule has 1 saturated heterocycles. The molecule has 1 aliphatic rings. The molecule has 1 aromatic heterocycles. The molecule has 210 valence electrons. The van der Waals surface area contributed by atoms with Gasteiger partial charge in [0.15, 0.2) is 5.76 Å². The first-order chi connectivity index (χ1) is 20.6. The summed E-state index contributed by atoms with van der Waals surface area (Å²) >= 11 is 0. The van der Waals surface area contributed by atoms with E-state index in [0.717, 1.165) is 28.0 Å². The molecular weight excluding hydrogens is 522 g/mol. The predicted octanol–water partition coefficient (Wildman–Crippen LogP) is 6.52. The largest absolute Gasteiger partial charge is 0.497 e. The van der Waals surface area contributed by atoms with Gasteiger partial charge in [0.05, 0.1) is 25.7 Å². The Bertz CT molecular complexity index is 1570. The molecule has 2 heterocycles. The minimum atomic E-state index is -0.682. The topological polar surface area (TPSA) is 56.6 Å². The van der Waals surface area contributed by atoms with E-state index in [1.165, 1.54) is 0 Å². The summed E-state index contributed by atoms with van der Waals surface area (Å²) in [7, 11) is 1.64. The highest BCUT2D eigenvalue weighted by atomic mass is 16.5. The van der Waals surface area contributed by atoms with Crippen LogP contribution in [0.2, 0.25) is 0 Å². The van der Waals surface area contributed by atoms with Crippen molar-refractivity contribution in [3.8, 4) is 5.75 Å². The number of amides is 1. The Labute approximate surface area is 246 Å². The van der Waals surface area contributed by atoms with Crippen LogP contribution in [0.15, 0.2) is 134 Å². The molecule has 1 fully saturated rings. The quantitative estimate of drug-likeness (QED) is 0.162. The number of methoxy groups -OCH3 is 1. The molecule has 0 radical (unpaired) electrons. The summed E-state index contributed by atoms with van der Waals surface area (Å²) in [5.41, 5.74) is 4.29. The number of imidazole rings is 1. The number of aromatic nitrogens is 2. The molecular formula is C36H33N3O3. The van der Waals surface area contributed by atoms with Crippen LogP contribution < -0.4 is 4.74 Å². The van der Waals surface area contributed by atoms with Gasteiger partial charge in [-0.1, -0.05) is 103 Å². The SMILES string of the molecule is COc1ccc(CN2C[C@@H](C)O/C(=C\c3cn(C(c4ccccc4)(c4ccccc4)c4ccccc4)cn3)C2=O)cc1. The molecule has 0 unspecified atom stereocenters. The van der Waals surface area contributed by atoms with Crippen molar-refractivity contribution in [2.45, 2.75) is 25.1 Å². The number of hydrogen-bond acceptors (Lipinski definition) is 4. The van der Waals surface area contributed by atoms with E-state index < -0.39 is 5.54 Å². The number of morpholine rings is 1. The second kappa shape index (κ2) is 11.8. The monoisotopic (exact) mass is 555 g/mol. The van der Waals surface area contributed by atoms with Crippen molar-refractivity contribution in [3.63, 3.8) is 0 Å². The van der Waals surface area contributed by atoms with Gasteiger partial charge in [-0.2, -0.15) is 0 Å². The maximum atomic E-state index is 13.5. The van der Waals surface area contributed by atoms with Crippen molar-refractivity contribution in [1.82, 2.24) is 14.5 Å². The molecule has 0 bridgehead atoms. The van der Waals surface area contributed by atoms with E-state index >= 15 is 0 Å². The fourth-order valence-electron chi connectivity index (χ4n) is 5.75.